The molecule has 1 saturated heterocycles. The first-order valence-electron chi connectivity index (χ1n) is 4.78. The molecule has 0 radical (unpaired) electrons. The fourth-order valence-corrected chi connectivity index (χ4v) is 2.77. The molecule has 2 rings (SSSR count). The summed E-state index contributed by atoms with van der Waals surface area (Å²) in [4.78, 5) is 0. The van der Waals surface area contributed by atoms with E-state index in [1.165, 1.54) is 12.8 Å². The Kier molecular flexibility index (Phi) is 1.54. The largest absolute Gasteiger partial charge is 0.378 e. The Bertz CT molecular complexity index is 164. The normalized spacial score (nSPS) is 49.1. The van der Waals surface area contributed by atoms with Gasteiger partial charge in [-0.25, -0.2) is 0 Å². The molecule has 0 aromatic heterocycles. The summed E-state index contributed by atoms with van der Waals surface area (Å²) in [6.45, 7) is 7.94. The topological polar surface area (TPSA) is 9.23 Å². The first-order chi connectivity index (χ1) is 5.17. The summed E-state index contributed by atoms with van der Waals surface area (Å²) in [6, 6.07) is 0. The van der Waals surface area contributed by atoms with Gasteiger partial charge in [0.1, 0.15) is 0 Å². The molecule has 2 aliphatic rings. The third-order valence-corrected chi connectivity index (χ3v) is 3.84. The summed E-state index contributed by atoms with van der Waals surface area (Å²) in [5.41, 5.74) is 0.692. The highest BCUT2D eigenvalue weighted by molar-refractivity contribution is 5.08. The summed E-state index contributed by atoms with van der Waals surface area (Å²) in [5, 5.41) is 0. The second-order valence-electron chi connectivity index (χ2n) is 4.52. The van der Waals surface area contributed by atoms with Crippen molar-refractivity contribution in [3.8, 4) is 0 Å². The number of rotatable bonds is 1. The van der Waals surface area contributed by atoms with Gasteiger partial charge in [0.2, 0.25) is 0 Å². The minimum absolute atomic E-state index is 0.533. The summed E-state index contributed by atoms with van der Waals surface area (Å²) < 4.78 is 5.61. The predicted molar refractivity (Wildman–Crippen MR) is 45.4 cm³/mol. The van der Waals surface area contributed by atoms with Gasteiger partial charge in [-0.2, -0.15) is 0 Å². The van der Waals surface area contributed by atoms with E-state index in [9.17, 15) is 0 Å². The fraction of sp³-hybridized carbons (Fsp3) is 1.00. The Morgan fingerprint density at radius 1 is 1.45 bits per heavy atom. The van der Waals surface area contributed by atoms with E-state index in [0.29, 0.717) is 11.5 Å². The van der Waals surface area contributed by atoms with E-state index in [1.54, 1.807) is 0 Å². The molecule has 0 aromatic carbocycles. The summed E-state index contributed by atoms with van der Waals surface area (Å²) in [7, 11) is 0. The maximum Gasteiger partial charge on any atom is 0.0580 e. The lowest BCUT2D eigenvalue weighted by atomic mass is 9.84. The molecule has 0 unspecified atom stereocenters. The van der Waals surface area contributed by atoms with Crippen molar-refractivity contribution < 1.29 is 4.74 Å². The van der Waals surface area contributed by atoms with Crippen LogP contribution in [0.3, 0.4) is 0 Å². The minimum Gasteiger partial charge on any atom is -0.378 e. The third kappa shape index (κ3) is 0.936. The zero-order valence-corrected chi connectivity index (χ0v) is 7.76. The lowest BCUT2D eigenvalue weighted by Crippen LogP contribution is -2.28. The van der Waals surface area contributed by atoms with Crippen LogP contribution in [0.15, 0.2) is 0 Å². The van der Waals surface area contributed by atoms with Crippen molar-refractivity contribution in [1.82, 2.24) is 0 Å². The van der Waals surface area contributed by atoms with Crippen LogP contribution in [0.1, 0.15) is 33.6 Å². The number of ether oxygens (including phenoxy) is 1. The summed E-state index contributed by atoms with van der Waals surface area (Å²) in [6.07, 6.45) is 3.26. The third-order valence-electron chi connectivity index (χ3n) is 3.84. The monoisotopic (exact) mass is 154 g/mol. The van der Waals surface area contributed by atoms with Crippen molar-refractivity contribution in [3.05, 3.63) is 0 Å². The highest BCUT2D eigenvalue weighted by Crippen LogP contribution is 2.64. The number of fused-ring (bicyclic) bond motifs is 1. The standard InChI is InChI=1S/C10H18O/c1-7(2)10-4-5-11-8(3)9(10)6-10/h7-9H,4-6H2,1-3H3/t8-,9+,10+/m0/s1. The van der Waals surface area contributed by atoms with Crippen LogP contribution in [0.5, 0.6) is 0 Å². The van der Waals surface area contributed by atoms with Crippen LogP contribution in [0.2, 0.25) is 0 Å². The zero-order valence-electron chi connectivity index (χ0n) is 7.76. The van der Waals surface area contributed by atoms with E-state index in [0.717, 1.165) is 18.4 Å². The van der Waals surface area contributed by atoms with Crippen molar-refractivity contribution in [2.45, 2.75) is 39.7 Å². The Labute approximate surface area is 69.1 Å². The molecule has 0 spiro atoms. The quantitative estimate of drug-likeness (QED) is 0.563. The van der Waals surface area contributed by atoms with E-state index in [-0.39, 0.29) is 0 Å². The van der Waals surface area contributed by atoms with Crippen molar-refractivity contribution in [2.75, 3.05) is 6.61 Å². The van der Waals surface area contributed by atoms with Crippen LogP contribution in [-0.2, 0) is 4.74 Å². The molecule has 0 amide bonds. The van der Waals surface area contributed by atoms with E-state index >= 15 is 0 Å². The molecule has 11 heavy (non-hydrogen) atoms. The van der Waals surface area contributed by atoms with E-state index in [1.807, 2.05) is 0 Å². The Hall–Kier alpha value is -0.0400. The molecule has 1 heteroatoms. The van der Waals surface area contributed by atoms with Gasteiger partial charge in [0.05, 0.1) is 6.10 Å². The molecular weight excluding hydrogens is 136 g/mol. The molecule has 0 aromatic rings. The molecule has 64 valence electrons. The maximum absolute atomic E-state index is 5.61. The molecule has 1 aliphatic carbocycles. The van der Waals surface area contributed by atoms with Crippen molar-refractivity contribution >= 4 is 0 Å². The van der Waals surface area contributed by atoms with E-state index < -0.39 is 0 Å². The average Bonchev–Trinajstić information content (AvgIpc) is 2.64. The highest BCUT2D eigenvalue weighted by atomic mass is 16.5. The lowest BCUT2D eigenvalue weighted by molar-refractivity contribution is -0.0133. The van der Waals surface area contributed by atoms with Gasteiger partial charge >= 0.3 is 0 Å². The summed E-state index contributed by atoms with van der Waals surface area (Å²) >= 11 is 0. The first kappa shape index (κ1) is 7.60. The highest BCUT2D eigenvalue weighted by Gasteiger charge is 2.59. The van der Waals surface area contributed by atoms with Crippen LogP contribution >= 0.6 is 0 Å². The molecule has 1 nitrogen and oxygen atoms in total. The van der Waals surface area contributed by atoms with Crippen molar-refractivity contribution in [2.24, 2.45) is 17.3 Å². The molecule has 1 aliphatic heterocycles. The van der Waals surface area contributed by atoms with Crippen molar-refractivity contribution in [1.29, 1.82) is 0 Å². The van der Waals surface area contributed by atoms with Crippen LogP contribution in [0, 0.1) is 17.3 Å². The second-order valence-corrected chi connectivity index (χ2v) is 4.52. The van der Waals surface area contributed by atoms with E-state index in [4.69, 9.17) is 4.74 Å². The smallest absolute Gasteiger partial charge is 0.0580 e. The van der Waals surface area contributed by atoms with Gasteiger partial charge in [-0.3, -0.25) is 0 Å². The molecular formula is C10H18O. The fourth-order valence-electron chi connectivity index (χ4n) is 2.77. The number of hydrogen-bond acceptors (Lipinski definition) is 1. The zero-order chi connectivity index (χ0) is 8.06. The second kappa shape index (κ2) is 2.22. The van der Waals surface area contributed by atoms with Crippen molar-refractivity contribution in [3.63, 3.8) is 0 Å². The lowest BCUT2D eigenvalue weighted by Gasteiger charge is -2.29. The van der Waals surface area contributed by atoms with Gasteiger partial charge in [0.15, 0.2) is 0 Å². The Balaban J connectivity index is 2.09. The number of hydrogen-bond donors (Lipinski definition) is 0. The molecule has 1 saturated carbocycles. The van der Waals surface area contributed by atoms with Gasteiger partial charge < -0.3 is 4.74 Å². The van der Waals surface area contributed by atoms with Gasteiger partial charge in [-0.05, 0) is 37.0 Å². The molecule has 2 fully saturated rings. The van der Waals surface area contributed by atoms with Gasteiger partial charge in [-0.1, -0.05) is 13.8 Å². The van der Waals surface area contributed by atoms with E-state index in [2.05, 4.69) is 20.8 Å². The molecule has 1 heterocycles. The van der Waals surface area contributed by atoms with Gasteiger partial charge in [0, 0.05) is 6.61 Å². The predicted octanol–water partition coefficient (Wildman–Crippen LogP) is 2.46. The Morgan fingerprint density at radius 3 is 2.73 bits per heavy atom. The van der Waals surface area contributed by atoms with Gasteiger partial charge in [0.25, 0.3) is 0 Å². The van der Waals surface area contributed by atoms with Crippen LogP contribution in [0.4, 0.5) is 0 Å². The summed E-state index contributed by atoms with van der Waals surface area (Å²) in [5.74, 6) is 1.75. The van der Waals surface area contributed by atoms with Gasteiger partial charge in [-0.15, -0.1) is 0 Å². The van der Waals surface area contributed by atoms with Crippen LogP contribution in [-0.4, -0.2) is 12.7 Å². The average molecular weight is 154 g/mol. The first-order valence-corrected chi connectivity index (χ1v) is 4.78. The van der Waals surface area contributed by atoms with Crippen LogP contribution < -0.4 is 0 Å². The Morgan fingerprint density at radius 2 is 2.18 bits per heavy atom. The SMILES string of the molecule is CC(C)[C@]12CCO[C@@H](C)[C@H]1C2. The molecule has 3 atom stereocenters. The van der Waals surface area contributed by atoms with Crippen LogP contribution in [0.25, 0.3) is 0 Å². The molecule has 0 bridgehead atoms. The molecule has 0 N–H and O–H groups in total. The minimum atomic E-state index is 0.533. The maximum atomic E-state index is 5.61.